The number of rotatable bonds is 0. The summed E-state index contributed by atoms with van der Waals surface area (Å²) in [7, 11) is 0. The highest BCUT2D eigenvalue weighted by atomic mass is 16.5. The van der Waals surface area contributed by atoms with Gasteiger partial charge in [0.05, 0.1) is 12.2 Å². The molecule has 0 saturated carbocycles. The quantitative estimate of drug-likeness (QED) is 0.554. The molecule has 1 rings (SSSR count). The van der Waals surface area contributed by atoms with Crippen LogP contribution in [0.25, 0.3) is 0 Å². The van der Waals surface area contributed by atoms with Crippen LogP contribution in [0.3, 0.4) is 0 Å². The maximum absolute atomic E-state index is 7.45. The first kappa shape index (κ1) is 4.73. The second kappa shape index (κ2) is 2.21. The molecule has 0 aromatic rings. The third kappa shape index (κ3) is 1.18. The lowest BCUT2D eigenvalue weighted by Crippen LogP contribution is -2.62. The lowest BCUT2D eigenvalue weighted by Gasteiger charge is -2.46. The Hall–Kier alpha value is -0.0800. The highest BCUT2D eigenvalue weighted by Gasteiger charge is 2.39. The van der Waals surface area contributed by atoms with Crippen molar-refractivity contribution in [2.75, 3.05) is 13.2 Å². The summed E-state index contributed by atoms with van der Waals surface area (Å²) < 4.78 is 27.8. The Kier molecular flexibility index (Phi) is 1.04. The van der Waals surface area contributed by atoms with Gasteiger partial charge in [0.1, 0.15) is 0 Å². The molecule has 0 aliphatic carbocycles. The van der Waals surface area contributed by atoms with Crippen LogP contribution < -0.4 is 5.32 Å². The van der Waals surface area contributed by atoms with Gasteiger partial charge in [-0.25, -0.2) is 0 Å². The zero-order valence-electron chi connectivity index (χ0n) is 9.82. The van der Waals surface area contributed by atoms with Crippen LogP contribution in [0.2, 0.25) is 0 Å². The molecule has 1 unspecified atom stereocenters. The van der Waals surface area contributed by atoms with Crippen molar-refractivity contribution in [2.45, 2.75) is 38.8 Å². The molecule has 1 saturated heterocycles. The van der Waals surface area contributed by atoms with Crippen molar-refractivity contribution in [2.24, 2.45) is 0 Å². The van der Waals surface area contributed by atoms with Crippen LogP contribution in [0.5, 0.6) is 0 Å². The first-order chi connectivity index (χ1) is 5.71. The van der Waals surface area contributed by atoms with Gasteiger partial charge in [0.15, 0.2) is 0 Å². The maximum atomic E-state index is 7.45. The van der Waals surface area contributed by atoms with Gasteiger partial charge in [-0.15, -0.1) is 0 Å². The van der Waals surface area contributed by atoms with Crippen molar-refractivity contribution in [1.29, 1.82) is 0 Å². The molecule has 2 nitrogen and oxygen atoms in total. The van der Waals surface area contributed by atoms with Gasteiger partial charge in [-0.05, 0) is 27.6 Å². The molecule has 10 heavy (non-hydrogen) atoms. The zero-order chi connectivity index (χ0) is 10.3. The van der Waals surface area contributed by atoms with Gasteiger partial charge in [0, 0.05) is 16.2 Å². The minimum atomic E-state index is -2.09. The fourth-order valence-corrected chi connectivity index (χ4v) is 0.968. The van der Waals surface area contributed by atoms with E-state index in [9.17, 15) is 0 Å². The number of morpholine rings is 1. The monoisotopic (exact) mass is 146 g/mol. The zero-order valence-corrected chi connectivity index (χ0v) is 6.82. The number of ether oxygens (including phenoxy) is 1. The molecule has 2 heteroatoms. The van der Waals surface area contributed by atoms with Gasteiger partial charge < -0.3 is 10.1 Å². The number of nitrogens with one attached hydrogen (secondary N) is 1. The van der Waals surface area contributed by atoms with E-state index in [2.05, 4.69) is 5.32 Å². The maximum Gasteiger partial charge on any atom is 0.0802 e. The van der Waals surface area contributed by atoms with Crippen LogP contribution in [-0.4, -0.2) is 24.3 Å². The molecular formula is C8H17NO. The Bertz CT molecular complexity index is 202. The predicted octanol–water partition coefficient (Wildman–Crippen LogP) is 1.16. The van der Waals surface area contributed by atoms with Gasteiger partial charge in [0.25, 0.3) is 0 Å². The van der Waals surface area contributed by atoms with Gasteiger partial charge >= 0.3 is 0 Å². The summed E-state index contributed by atoms with van der Waals surface area (Å²) in [6.45, 7) is 4.43. The van der Waals surface area contributed by atoms with E-state index in [4.69, 9.17) is 8.85 Å². The van der Waals surface area contributed by atoms with E-state index in [-0.39, 0.29) is 0 Å². The highest BCUT2D eigenvalue weighted by molar-refractivity contribution is 4.97. The van der Waals surface area contributed by atoms with E-state index in [0.29, 0.717) is 13.2 Å². The molecule has 1 fully saturated rings. The van der Waals surface area contributed by atoms with Gasteiger partial charge in [-0.3, -0.25) is 0 Å². The molecule has 0 aromatic carbocycles. The van der Waals surface area contributed by atoms with E-state index in [0.717, 1.165) is 0 Å². The largest absolute Gasteiger partial charge is 0.372 e. The fourth-order valence-electron chi connectivity index (χ4n) is 0.968. The standard InChI is InChI=1S/C8H17NO/c1-7(2)8(3,4)10-6-5-9-7/h9H,5-6H2,1-4H3/i3D3. The second-order valence-electron chi connectivity index (χ2n) is 3.43. The Balaban J connectivity index is 2.98. The molecule has 1 heterocycles. The smallest absolute Gasteiger partial charge is 0.0802 e. The average molecular weight is 146 g/mol. The Morgan fingerprint density at radius 3 is 2.60 bits per heavy atom. The van der Waals surface area contributed by atoms with Crippen LogP contribution >= 0.6 is 0 Å². The second-order valence-corrected chi connectivity index (χ2v) is 3.43. The van der Waals surface area contributed by atoms with E-state index < -0.39 is 18.0 Å². The lowest BCUT2D eigenvalue weighted by molar-refractivity contribution is -0.103. The Morgan fingerprint density at radius 1 is 1.50 bits per heavy atom. The Morgan fingerprint density at radius 2 is 2.20 bits per heavy atom. The van der Waals surface area contributed by atoms with Crippen molar-refractivity contribution in [3.05, 3.63) is 0 Å². The predicted molar refractivity (Wildman–Crippen MR) is 42.1 cm³/mol. The van der Waals surface area contributed by atoms with Crippen molar-refractivity contribution >= 4 is 0 Å². The minimum absolute atomic E-state index is 0.457. The van der Waals surface area contributed by atoms with Crippen LogP contribution in [0.4, 0.5) is 0 Å². The average Bonchev–Trinajstić information content (AvgIpc) is 1.93. The molecule has 1 aliphatic rings. The summed E-state index contributed by atoms with van der Waals surface area (Å²) in [6.07, 6.45) is 0. The fraction of sp³-hybridized carbons (Fsp3) is 1.00. The van der Waals surface area contributed by atoms with Crippen LogP contribution in [0, 0.1) is 0 Å². The lowest BCUT2D eigenvalue weighted by atomic mass is 9.84. The number of hydrogen-bond acceptors (Lipinski definition) is 2. The summed E-state index contributed by atoms with van der Waals surface area (Å²) in [5.74, 6) is 0. The van der Waals surface area contributed by atoms with Crippen LogP contribution in [0.15, 0.2) is 0 Å². The van der Waals surface area contributed by atoms with Crippen molar-refractivity contribution < 1.29 is 8.85 Å². The van der Waals surface area contributed by atoms with Crippen molar-refractivity contribution in [3.63, 3.8) is 0 Å². The first-order valence-corrected chi connectivity index (χ1v) is 3.60. The van der Waals surface area contributed by atoms with E-state index >= 15 is 0 Å². The molecule has 0 aromatic heterocycles. The molecule has 0 amide bonds. The van der Waals surface area contributed by atoms with Gasteiger partial charge in [0.2, 0.25) is 0 Å². The summed E-state index contributed by atoms with van der Waals surface area (Å²) in [4.78, 5) is 0. The minimum Gasteiger partial charge on any atom is -0.372 e. The normalized spacial score (nSPS) is 45.3. The molecule has 60 valence electrons. The summed E-state index contributed by atoms with van der Waals surface area (Å²) in [5, 5.41) is 3.17. The third-order valence-corrected chi connectivity index (χ3v) is 2.25. The van der Waals surface area contributed by atoms with Gasteiger partial charge in [-0.2, -0.15) is 0 Å². The topological polar surface area (TPSA) is 21.3 Å². The molecule has 0 radical (unpaired) electrons. The third-order valence-electron chi connectivity index (χ3n) is 2.25. The van der Waals surface area contributed by atoms with E-state index in [1.807, 2.05) is 13.8 Å². The molecule has 1 atom stereocenters. The van der Waals surface area contributed by atoms with Crippen LogP contribution in [-0.2, 0) is 4.74 Å². The van der Waals surface area contributed by atoms with E-state index in [1.165, 1.54) is 0 Å². The Labute approximate surface area is 67.2 Å². The van der Waals surface area contributed by atoms with Crippen molar-refractivity contribution in [1.82, 2.24) is 5.32 Å². The van der Waals surface area contributed by atoms with Gasteiger partial charge in [-0.1, -0.05) is 0 Å². The van der Waals surface area contributed by atoms with Crippen molar-refractivity contribution in [3.8, 4) is 0 Å². The SMILES string of the molecule is [2H]C([2H])([2H])C1(C)OCCNC1(C)C. The highest BCUT2D eigenvalue weighted by Crippen LogP contribution is 2.27. The molecule has 1 N–H and O–H groups in total. The summed E-state index contributed by atoms with van der Waals surface area (Å²) in [5.41, 5.74) is -1.62. The summed E-state index contributed by atoms with van der Waals surface area (Å²) in [6, 6.07) is 0. The molecular weight excluding hydrogens is 126 g/mol. The van der Waals surface area contributed by atoms with E-state index in [1.54, 1.807) is 6.92 Å². The first-order valence-electron chi connectivity index (χ1n) is 5.10. The van der Waals surface area contributed by atoms with Crippen LogP contribution in [0.1, 0.15) is 31.7 Å². The molecule has 1 aliphatic heterocycles. The molecule has 0 spiro atoms. The summed E-state index contributed by atoms with van der Waals surface area (Å²) >= 11 is 0. The number of hydrogen-bond donors (Lipinski definition) is 1. The molecule has 0 bridgehead atoms.